The second-order valence-electron chi connectivity index (χ2n) is 4.34. The van der Waals surface area contributed by atoms with E-state index in [1.807, 2.05) is 0 Å². The lowest BCUT2D eigenvalue weighted by molar-refractivity contribution is 0.0784. The number of hydrogen-bond donors (Lipinski definition) is 1. The minimum atomic E-state index is -1.10. The van der Waals surface area contributed by atoms with Gasteiger partial charge in [-0.1, -0.05) is 6.07 Å². The summed E-state index contributed by atoms with van der Waals surface area (Å²) >= 11 is 0. The normalized spacial score (nSPS) is 10.3. The lowest BCUT2D eigenvalue weighted by Crippen LogP contribution is -2.27. The summed E-state index contributed by atoms with van der Waals surface area (Å²) in [6.07, 6.45) is 1.61. The summed E-state index contributed by atoms with van der Waals surface area (Å²) in [5, 5.41) is 0. The molecule has 1 aromatic carbocycles. The standard InChI is InChI=1S/C14H13F2N3O/c1-19(8-9-4-2-3-5-18-9)14(20)10-6-11(15)12(16)7-13(10)17/h2-7H,8,17H2,1H3. The van der Waals surface area contributed by atoms with Gasteiger partial charge in [0.2, 0.25) is 0 Å². The molecular weight excluding hydrogens is 264 g/mol. The zero-order chi connectivity index (χ0) is 14.7. The molecule has 1 aromatic heterocycles. The molecule has 104 valence electrons. The number of rotatable bonds is 3. The van der Waals surface area contributed by atoms with Crippen LogP contribution < -0.4 is 5.73 Å². The molecule has 0 aliphatic carbocycles. The fourth-order valence-electron chi connectivity index (χ4n) is 1.76. The van der Waals surface area contributed by atoms with E-state index in [0.29, 0.717) is 5.69 Å². The van der Waals surface area contributed by atoms with E-state index in [1.54, 1.807) is 24.4 Å². The summed E-state index contributed by atoms with van der Waals surface area (Å²) in [7, 11) is 1.54. The van der Waals surface area contributed by atoms with E-state index in [-0.39, 0.29) is 17.8 Å². The van der Waals surface area contributed by atoms with Gasteiger partial charge in [0.15, 0.2) is 11.6 Å². The molecule has 4 nitrogen and oxygen atoms in total. The SMILES string of the molecule is CN(Cc1ccccn1)C(=O)c1cc(F)c(F)cc1N. The highest BCUT2D eigenvalue weighted by Gasteiger charge is 2.18. The van der Waals surface area contributed by atoms with Gasteiger partial charge in [-0.05, 0) is 18.2 Å². The minimum absolute atomic E-state index is 0.0673. The van der Waals surface area contributed by atoms with Crippen molar-refractivity contribution in [3.05, 3.63) is 59.4 Å². The number of hydrogen-bond acceptors (Lipinski definition) is 3. The summed E-state index contributed by atoms with van der Waals surface area (Å²) < 4.78 is 26.2. The lowest BCUT2D eigenvalue weighted by atomic mass is 10.1. The first-order valence-corrected chi connectivity index (χ1v) is 5.89. The van der Waals surface area contributed by atoms with Crippen molar-refractivity contribution in [1.82, 2.24) is 9.88 Å². The average molecular weight is 277 g/mol. The van der Waals surface area contributed by atoms with Crippen LogP contribution >= 0.6 is 0 Å². The molecule has 2 aromatic rings. The summed E-state index contributed by atoms with van der Waals surface area (Å²) in [6, 6.07) is 6.93. The van der Waals surface area contributed by atoms with Gasteiger partial charge in [-0.25, -0.2) is 8.78 Å². The van der Waals surface area contributed by atoms with Crippen molar-refractivity contribution >= 4 is 11.6 Å². The van der Waals surface area contributed by atoms with Gasteiger partial charge >= 0.3 is 0 Å². The maximum atomic E-state index is 13.2. The fourth-order valence-corrected chi connectivity index (χ4v) is 1.76. The molecule has 2 rings (SSSR count). The van der Waals surface area contributed by atoms with Crippen molar-refractivity contribution in [2.75, 3.05) is 12.8 Å². The molecule has 0 bridgehead atoms. The van der Waals surface area contributed by atoms with Crippen molar-refractivity contribution in [3.8, 4) is 0 Å². The van der Waals surface area contributed by atoms with E-state index >= 15 is 0 Å². The third-order valence-corrected chi connectivity index (χ3v) is 2.79. The highest BCUT2D eigenvalue weighted by molar-refractivity contribution is 5.98. The number of amides is 1. The molecule has 0 aliphatic heterocycles. The number of carbonyl (C=O) groups excluding carboxylic acids is 1. The third kappa shape index (κ3) is 2.90. The summed E-state index contributed by atoms with van der Waals surface area (Å²) in [4.78, 5) is 17.6. The molecule has 2 N–H and O–H groups in total. The van der Waals surface area contributed by atoms with E-state index in [2.05, 4.69) is 4.98 Å². The van der Waals surface area contributed by atoms with Crippen molar-refractivity contribution in [3.63, 3.8) is 0 Å². The van der Waals surface area contributed by atoms with E-state index in [4.69, 9.17) is 5.73 Å². The van der Waals surface area contributed by atoms with Crippen LogP contribution in [0.3, 0.4) is 0 Å². The summed E-state index contributed by atoms with van der Waals surface area (Å²) in [5.74, 6) is -2.67. The molecule has 0 atom stereocenters. The topological polar surface area (TPSA) is 59.2 Å². The predicted molar refractivity (Wildman–Crippen MR) is 70.8 cm³/mol. The van der Waals surface area contributed by atoms with Gasteiger partial charge in [0.1, 0.15) is 0 Å². The highest BCUT2D eigenvalue weighted by Crippen LogP contribution is 2.19. The number of anilines is 1. The smallest absolute Gasteiger partial charge is 0.256 e. The molecule has 0 spiro atoms. The molecule has 1 amide bonds. The zero-order valence-corrected chi connectivity index (χ0v) is 10.8. The average Bonchev–Trinajstić information content (AvgIpc) is 2.43. The Labute approximate surface area is 114 Å². The molecule has 0 fully saturated rings. The van der Waals surface area contributed by atoms with Gasteiger partial charge in [-0.2, -0.15) is 0 Å². The Bertz CT molecular complexity index is 632. The van der Waals surface area contributed by atoms with Crippen LogP contribution in [0.5, 0.6) is 0 Å². The molecule has 1 heterocycles. The Hall–Kier alpha value is -2.50. The Morgan fingerprint density at radius 2 is 2.00 bits per heavy atom. The number of pyridine rings is 1. The molecule has 0 unspecified atom stereocenters. The Morgan fingerprint density at radius 3 is 2.65 bits per heavy atom. The number of nitrogens with zero attached hydrogens (tertiary/aromatic N) is 2. The molecule has 0 saturated carbocycles. The second-order valence-corrected chi connectivity index (χ2v) is 4.34. The van der Waals surface area contributed by atoms with Crippen molar-refractivity contribution < 1.29 is 13.6 Å². The zero-order valence-electron chi connectivity index (χ0n) is 10.8. The van der Waals surface area contributed by atoms with E-state index in [0.717, 1.165) is 12.1 Å². The predicted octanol–water partition coefficient (Wildman–Crippen LogP) is 2.21. The van der Waals surface area contributed by atoms with Crippen molar-refractivity contribution in [2.45, 2.75) is 6.54 Å². The molecular formula is C14H13F2N3O. The summed E-state index contributed by atoms with van der Waals surface area (Å²) in [6.45, 7) is 0.248. The highest BCUT2D eigenvalue weighted by atomic mass is 19.2. The number of nitrogens with two attached hydrogens (primary N) is 1. The quantitative estimate of drug-likeness (QED) is 0.875. The van der Waals surface area contributed by atoms with Gasteiger partial charge in [0, 0.05) is 25.0 Å². The Balaban J connectivity index is 2.21. The lowest BCUT2D eigenvalue weighted by Gasteiger charge is -2.18. The van der Waals surface area contributed by atoms with E-state index in [9.17, 15) is 13.6 Å². The number of nitrogen functional groups attached to an aromatic ring is 1. The number of carbonyl (C=O) groups is 1. The van der Waals surface area contributed by atoms with Crippen LogP contribution in [0, 0.1) is 11.6 Å². The third-order valence-electron chi connectivity index (χ3n) is 2.79. The number of benzene rings is 1. The van der Waals surface area contributed by atoms with Gasteiger partial charge < -0.3 is 10.6 Å². The maximum Gasteiger partial charge on any atom is 0.256 e. The first kappa shape index (κ1) is 13.9. The van der Waals surface area contributed by atoms with Gasteiger partial charge in [0.05, 0.1) is 17.8 Å². The minimum Gasteiger partial charge on any atom is -0.398 e. The Morgan fingerprint density at radius 1 is 1.30 bits per heavy atom. The molecule has 20 heavy (non-hydrogen) atoms. The van der Waals surface area contributed by atoms with Crippen LogP contribution in [0.1, 0.15) is 16.1 Å². The van der Waals surface area contributed by atoms with Crippen LogP contribution in [-0.4, -0.2) is 22.8 Å². The first-order chi connectivity index (χ1) is 9.49. The van der Waals surface area contributed by atoms with E-state index < -0.39 is 17.5 Å². The van der Waals surface area contributed by atoms with Gasteiger partial charge in [-0.15, -0.1) is 0 Å². The van der Waals surface area contributed by atoms with Crippen LogP contribution in [-0.2, 0) is 6.54 Å². The van der Waals surface area contributed by atoms with Crippen molar-refractivity contribution in [1.29, 1.82) is 0 Å². The second kappa shape index (κ2) is 5.64. The fraction of sp³-hybridized carbons (Fsp3) is 0.143. The first-order valence-electron chi connectivity index (χ1n) is 5.89. The molecule has 0 aliphatic rings. The summed E-state index contributed by atoms with van der Waals surface area (Å²) in [5.41, 5.74) is 6.07. The van der Waals surface area contributed by atoms with Crippen LogP contribution in [0.15, 0.2) is 36.5 Å². The molecule has 0 radical (unpaired) electrons. The van der Waals surface area contributed by atoms with Crippen LogP contribution in [0.4, 0.5) is 14.5 Å². The van der Waals surface area contributed by atoms with E-state index in [1.165, 1.54) is 11.9 Å². The molecule has 0 saturated heterocycles. The molecule has 6 heteroatoms. The number of halogens is 2. The van der Waals surface area contributed by atoms with Crippen molar-refractivity contribution in [2.24, 2.45) is 0 Å². The van der Waals surface area contributed by atoms with Crippen LogP contribution in [0.2, 0.25) is 0 Å². The Kier molecular flexibility index (Phi) is 3.93. The monoisotopic (exact) mass is 277 g/mol. The van der Waals surface area contributed by atoms with Gasteiger partial charge in [0.25, 0.3) is 5.91 Å². The van der Waals surface area contributed by atoms with Crippen LogP contribution in [0.25, 0.3) is 0 Å². The number of aromatic nitrogens is 1. The maximum absolute atomic E-state index is 13.2. The van der Waals surface area contributed by atoms with Gasteiger partial charge in [-0.3, -0.25) is 9.78 Å². The largest absolute Gasteiger partial charge is 0.398 e.